The Bertz CT molecular complexity index is 181. The third-order valence-corrected chi connectivity index (χ3v) is 3.43. The van der Waals surface area contributed by atoms with E-state index in [0.717, 1.165) is 25.3 Å². The molecule has 0 bridgehead atoms. The molecule has 0 aromatic rings. The van der Waals surface area contributed by atoms with Crippen molar-refractivity contribution in [3.63, 3.8) is 0 Å². The van der Waals surface area contributed by atoms with Gasteiger partial charge in [0.25, 0.3) is 0 Å². The lowest BCUT2D eigenvalue weighted by Crippen LogP contribution is -2.41. The van der Waals surface area contributed by atoms with Gasteiger partial charge in [-0.2, -0.15) is 0 Å². The molecule has 0 aliphatic heterocycles. The van der Waals surface area contributed by atoms with Crippen LogP contribution in [0.25, 0.3) is 0 Å². The van der Waals surface area contributed by atoms with Crippen LogP contribution >= 0.6 is 0 Å². The van der Waals surface area contributed by atoms with Gasteiger partial charge in [-0.05, 0) is 31.6 Å². The van der Waals surface area contributed by atoms with Gasteiger partial charge in [-0.1, -0.05) is 25.8 Å². The fourth-order valence-corrected chi connectivity index (χ4v) is 2.32. The average Bonchev–Trinajstić information content (AvgIpc) is 2.25. The first-order chi connectivity index (χ1) is 7.24. The molecule has 15 heavy (non-hydrogen) atoms. The number of nitrogens with one attached hydrogen (secondary N) is 1. The van der Waals surface area contributed by atoms with Gasteiger partial charge in [0, 0.05) is 12.6 Å². The monoisotopic (exact) mass is 211 g/mol. The molecule has 2 nitrogen and oxygen atoms in total. The van der Waals surface area contributed by atoms with E-state index in [9.17, 15) is 5.11 Å². The summed E-state index contributed by atoms with van der Waals surface area (Å²) in [6, 6.07) is 0.622. The fraction of sp³-hybridized carbons (Fsp3) is 0.846. The normalized spacial score (nSPS) is 28.7. The Labute approximate surface area is 93.8 Å². The minimum absolute atomic E-state index is 0.211. The van der Waals surface area contributed by atoms with Gasteiger partial charge >= 0.3 is 0 Å². The molecule has 0 radical (unpaired) electrons. The Balaban J connectivity index is 2.14. The first kappa shape index (κ1) is 12.7. The van der Waals surface area contributed by atoms with Crippen molar-refractivity contribution in [1.29, 1.82) is 0 Å². The van der Waals surface area contributed by atoms with Crippen LogP contribution < -0.4 is 5.32 Å². The summed E-state index contributed by atoms with van der Waals surface area (Å²) in [6.45, 7) is 6.71. The van der Waals surface area contributed by atoms with Crippen LogP contribution in [-0.4, -0.2) is 23.8 Å². The molecule has 1 rings (SSSR count). The first-order valence-electron chi connectivity index (χ1n) is 6.26. The van der Waals surface area contributed by atoms with Gasteiger partial charge in [0.05, 0.1) is 6.10 Å². The second kappa shape index (κ2) is 7.02. The van der Waals surface area contributed by atoms with Crippen LogP contribution in [0.15, 0.2) is 12.7 Å². The highest BCUT2D eigenvalue weighted by Crippen LogP contribution is 2.23. The van der Waals surface area contributed by atoms with Crippen molar-refractivity contribution in [3.05, 3.63) is 12.7 Å². The van der Waals surface area contributed by atoms with Gasteiger partial charge < -0.3 is 10.4 Å². The van der Waals surface area contributed by atoms with E-state index < -0.39 is 0 Å². The Morgan fingerprint density at radius 1 is 1.47 bits per heavy atom. The van der Waals surface area contributed by atoms with E-state index in [4.69, 9.17) is 0 Å². The SMILES string of the molecule is C=CCC[C@H](O)CN[C@H]1CCCC[C@@H]1C. The van der Waals surface area contributed by atoms with E-state index >= 15 is 0 Å². The Kier molecular flexibility index (Phi) is 5.96. The van der Waals surface area contributed by atoms with Crippen molar-refractivity contribution in [2.24, 2.45) is 5.92 Å². The molecule has 0 amide bonds. The maximum Gasteiger partial charge on any atom is 0.0667 e. The zero-order chi connectivity index (χ0) is 11.1. The van der Waals surface area contributed by atoms with Crippen molar-refractivity contribution in [2.75, 3.05) is 6.54 Å². The Morgan fingerprint density at radius 2 is 2.20 bits per heavy atom. The lowest BCUT2D eigenvalue weighted by Gasteiger charge is -2.30. The van der Waals surface area contributed by atoms with E-state index in [2.05, 4.69) is 18.8 Å². The highest BCUT2D eigenvalue weighted by Gasteiger charge is 2.20. The summed E-state index contributed by atoms with van der Waals surface area (Å²) in [7, 11) is 0. The second-order valence-corrected chi connectivity index (χ2v) is 4.80. The molecule has 0 heterocycles. The van der Waals surface area contributed by atoms with Crippen LogP contribution in [0, 0.1) is 5.92 Å². The Hall–Kier alpha value is -0.340. The van der Waals surface area contributed by atoms with Crippen LogP contribution in [0.2, 0.25) is 0 Å². The van der Waals surface area contributed by atoms with Gasteiger partial charge in [0.1, 0.15) is 0 Å². The highest BCUT2D eigenvalue weighted by atomic mass is 16.3. The molecule has 1 aliphatic carbocycles. The molecular formula is C13H25NO. The number of aliphatic hydroxyl groups is 1. The Morgan fingerprint density at radius 3 is 2.87 bits per heavy atom. The number of hydrogen-bond acceptors (Lipinski definition) is 2. The van der Waals surface area contributed by atoms with Crippen molar-refractivity contribution in [1.82, 2.24) is 5.32 Å². The number of hydrogen-bond donors (Lipinski definition) is 2. The predicted octanol–water partition coefficient (Wildman–Crippen LogP) is 2.48. The lowest BCUT2D eigenvalue weighted by molar-refractivity contribution is 0.148. The van der Waals surface area contributed by atoms with E-state index in [1.807, 2.05) is 6.08 Å². The molecule has 2 N–H and O–H groups in total. The maximum atomic E-state index is 9.69. The molecule has 0 aromatic heterocycles. The predicted molar refractivity (Wildman–Crippen MR) is 64.9 cm³/mol. The van der Waals surface area contributed by atoms with Crippen molar-refractivity contribution >= 4 is 0 Å². The lowest BCUT2D eigenvalue weighted by atomic mass is 9.86. The molecule has 1 fully saturated rings. The smallest absolute Gasteiger partial charge is 0.0667 e. The second-order valence-electron chi connectivity index (χ2n) is 4.80. The summed E-state index contributed by atoms with van der Waals surface area (Å²) in [6.07, 6.45) is 8.71. The quantitative estimate of drug-likeness (QED) is 0.662. The molecule has 0 spiro atoms. The topological polar surface area (TPSA) is 32.3 Å². The zero-order valence-corrected chi connectivity index (χ0v) is 9.91. The third kappa shape index (κ3) is 4.80. The third-order valence-electron chi connectivity index (χ3n) is 3.43. The molecule has 88 valence electrons. The first-order valence-corrected chi connectivity index (χ1v) is 6.26. The van der Waals surface area contributed by atoms with Crippen LogP contribution in [0.5, 0.6) is 0 Å². The van der Waals surface area contributed by atoms with Crippen molar-refractivity contribution in [2.45, 2.75) is 57.6 Å². The number of rotatable bonds is 6. The molecule has 0 unspecified atom stereocenters. The molecular weight excluding hydrogens is 186 g/mol. The molecule has 3 atom stereocenters. The van der Waals surface area contributed by atoms with Gasteiger partial charge in [-0.25, -0.2) is 0 Å². The van der Waals surface area contributed by atoms with E-state index in [0.29, 0.717) is 6.04 Å². The molecule has 1 aliphatic rings. The fourth-order valence-electron chi connectivity index (χ4n) is 2.32. The zero-order valence-electron chi connectivity index (χ0n) is 9.91. The van der Waals surface area contributed by atoms with Crippen LogP contribution in [-0.2, 0) is 0 Å². The summed E-state index contributed by atoms with van der Waals surface area (Å²) >= 11 is 0. The minimum Gasteiger partial charge on any atom is -0.392 e. The van der Waals surface area contributed by atoms with Gasteiger partial charge in [0.15, 0.2) is 0 Å². The number of allylic oxidation sites excluding steroid dienone is 1. The van der Waals surface area contributed by atoms with Crippen molar-refractivity contribution < 1.29 is 5.11 Å². The highest BCUT2D eigenvalue weighted by molar-refractivity contribution is 4.79. The summed E-state index contributed by atoms with van der Waals surface area (Å²) in [5.74, 6) is 0.769. The van der Waals surface area contributed by atoms with Crippen LogP contribution in [0.3, 0.4) is 0 Å². The molecule has 2 heteroatoms. The van der Waals surface area contributed by atoms with Gasteiger partial charge in [0.2, 0.25) is 0 Å². The minimum atomic E-state index is -0.211. The summed E-state index contributed by atoms with van der Waals surface area (Å²) < 4.78 is 0. The largest absolute Gasteiger partial charge is 0.392 e. The van der Waals surface area contributed by atoms with Gasteiger partial charge in [-0.15, -0.1) is 6.58 Å². The molecule has 0 saturated heterocycles. The molecule has 0 aromatic carbocycles. The van der Waals surface area contributed by atoms with Crippen molar-refractivity contribution in [3.8, 4) is 0 Å². The summed E-state index contributed by atoms with van der Waals surface area (Å²) in [4.78, 5) is 0. The van der Waals surface area contributed by atoms with E-state index in [1.54, 1.807) is 0 Å². The standard InChI is InChI=1S/C13H25NO/c1-3-4-8-12(15)10-14-13-9-6-5-7-11(13)2/h3,11-15H,1,4-10H2,2H3/t11-,12-,13-/m0/s1. The maximum absolute atomic E-state index is 9.69. The van der Waals surface area contributed by atoms with Crippen LogP contribution in [0.1, 0.15) is 45.4 Å². The summed E-state index contributed by atoms with van der Waals surface area (Å²) in [5, 5.41) is 13.2. The average molecular weight is 211 g/mol. The van der Waals surface area contributed by atoms with Gasteiger partial charge in [-0.3, -0.25) is 0 Å². The number of aliphatic hydroxyl groups excluding tert-OH is 1. The summed E-state index contributed by atoms with van der Waals surface area (Å²) in [5.41, 5.74) is 0. The van der Waals surface area contributed by atoms with Crippen LogP contribution in [0.4, 0.5) is 0 Å². The van der Waals surface area contributed by atoms with E-state index in [-0.39, 0.29) is 6.10 Å². The molecule has 1 saturated carbocycles. The van der Waals surface area contributed by atoms with E-state index in [1.165, 1.54) is 25.7 Å².